The van der Waals surface area contributed by atoms with Crippen LogP contribution in [-0.2, 0) is 0 Å². The van der Waals surface area contributed by atoms with Crippen LogP contribution >= 0.6 is 0 Å². The van der Waals surface area contributed by atoms with Gasteiger partial charge in [0.2, 0.25) is 5.43 Å². The fourth-order valence-corrected chi connectivity index (χ4v) is 3.02. The van der Waals surface area contributed by atoms with Crippen LogP contribution in [0.4, 0.5) is 0 Å². The summed E-state index contributed by atoms with van der Waals surface area (Å²) in [6.45, 7) is 8.24. The van der Waals surface area contributed by atoms with Crippen LogP contribution in [0.15, 0.2) is 33.9 Å². The van der Waals surface area contributed by atoms with E-state index in [1.165, 1.54) is 5.56 Å². The fraction of sp³-hybridized carbons (Fsp3) is 0.263. The van der Waals surface area contributed by atoms with Crippen molar-refractivity contribution < 1.29 is 5.11 Å². The van der Waals surface area contributed by atoms with Crippen LogP contribution in [0.1, 0.15) is 36.5 Å². The Balaban J connectivity index is 2.35. The van der Waals surface area contributed by atoms with Crippen LogP contribution in [0.2, 0.25) is 0 Å². The van der Waals surface area contributed by atoms with E-state index in [2.05, 4.69) is 26.0 Å². The van der Waals surface area contributed by atoms with E-state index in [0.29, 0.717) is 11.5 Å². The van der Waals surface area contributed by atoms with Gasteiger partial charge in [0.1, 0.15) is 0 Å². The van der Waals surface area contributed by atoms with Gasteiger partial charge in [0.25, 0.3) is 5.43 Å². The van der Waals surface area contributed by atoms with Gasteiger partial charge >= 0.3 is 0 Å². The fourth-order valence-electron chi connectivity index (χ4n) is 3.02. The van der Waals surface area contributed by atoms with Crippen molar-refractivity contribution in [1.82, 2.24) is 0 Å². The summed E-state index contributed by atoms with van der Waals surface area (Å²) in [5.41, 5.74) is 4.72. The molecule has 3 heteroatoms. The highest BCUT2D eigenvalue weighted by Crippen LogP contribution is 2.42. The van der Waals surface area contributed by atoms with E-state index in [0.717, 1.165) is 22.3 Å². The molecule has 0 atom stereocenters. The maximum absolute atomic E-state index is 11.8. The summed E-state index contributed by atoms with van der Waals surface area (Å²) in [7, 11) is 0. The predicted molar refractivity (Wildman–Crippen MR) is 88.6 cm³/mol. The molecule has 112 valence electrons. The third-order valence-electron chi connectivity index (χ3n) is 4.38. The van der Waals surface area contributed by atoms with Gasteiger partial charge in [-0.2, -0.15) is 0 Å². The van der Waals surface area contributed by atoms with Crippen molar-refractivity contribution in [2.24, 2.45) is 0 Å². The molecule has 0 spiro atoms. The zero-order valence-corrected chi connectivity index (χ0v) is 13.2. The van der Waals surface area contributed by atoms with E-state index in [1.54, 1.807) is 0 Å². The first-order chi connectivity index (χ1) is 10.3. The van der Waals surface area contributed by atoms with Crippen molar-refractivity contribution >= 4 is 0 Å². The summed E-state index contributed by atoms with van der Waals surface area (Å²) in [6.07, 6.45) is 0. The van der Waals surface area contributed by atoms with E-state index in [1.807, 2.05) is 26.0 Å². The number of aryl methyl sites for hydroxylation is 2. The molecule has 0 aromatic heterocycles. The molecule has 0 aliphatic heterocycles. The highest BCUT2D eigenvalue weighted by molar-refractivity contribution is 5.93. The molecule has 3 nitrogen and oxygen atoms in total. The number of fused-ring (bicyclic) bond motifs is 1. The zero-order valence-electron chi connectivity index (χ0n) is 13.2. The standard InChI is InChI=1S/C19H18O3/c1-9(2)12-6-5-10(3)15-13(8-12)11(4)7-14(15)16-17(20)19(22)18(16)21/h5-9,20H,1-4H3. The van der Waals surface area contributed by atoms with Gasteiger partial charge in [-0.25, -0.2) is 0 Å². The van der Waals surface area contributed by atoms with Crippen LogP contribution in [0.5, 0.6) is 5.75 Å². The number of hydrogen-bond acceptors (Lipinski definition) is 3. The molecule has 2 aliphatic carbocycles. The summed E-state index contributed by atoms with van der Waals surface area (Å²) in [5.74, 6) is -0.0147. The lowest BCUT2D eigenvalue weighted by Crippen LogP contribution is -2.31. The lowest BCUT2D eigenvalue weighted by molar-refractivity contribution is 0.465. The van der Waals surface area contributed by atoms with Gasteiger partial charge in [-0.1, -0.05) is 32.0 Å². The Labute approximate surface area is 128 Å². The van der Waals surface area contributed by atoms with Gasteiger partial charge in [0.05, 0.1) is 5.56 Å². The molecule has 0 amide bonds. The first-order valence-electron chi connectivity index (χ1n) is 7.39. The van der Waals surface area contributed by atoms with Crippen molar-refractivity contribution in [2.75, 3.05) is 0 Å². The van der Waals surface area contributed by atoms with Crippen LogP contribution < -0.4 is 10.9 Å². The maximum atomic E-state index is 11.8. The van der Waals surface area contributed by atoms with Crippen molar-refractivity contribution in [3.8, 4) is 28.0 Å². The van der Waals surface area contributed by atoms with Gasteiger partial charge < -0.3 is 5.11 Å². The van der Waals surface area contributed by atoms with Gasteiger partial charge in [0, 0.05) is 0 Å². The Morgan fingerprint density at radius 1 is 0.864 bits per heavy atom. The molecule has 0 unspecified atom stereocenters. The largest absolute Gasteiger partial charge is 0.503 e. The van der Waals surface area contributed by atoms with Crippen molar-refractivity contribution in [2.45, 2.75) is 33.6 Å². The average Bonchev–Trinajstić information content (AvgIpc) is 2.67. The minimum Gasteiger partial charge on any atom is -0.503 e. The number of hydrogen-bond donors (Lipinski definition) is 1. The molecule has 0 fully saturated rings. The highest BCUT2D eigenvalue weighted by Gasteiger charge is 2.27. The van der Waals surface area contributed by atoms with Crippen LogP contribution in [-0.4, -0.2) is 5.11 Å². The van der Waals surface area contributed by atoms with E-state index in [4.69, 9.17) is 0 Å². The quantitative estimate of drug-likeness (QED) is 0.736. The smallest absolute Gasteiger partial charge is 0.268 e. The Morgan fingerprint density at radius 2 is 1.55 bits per heavy atom. The Hall–Kier alpha value is -2.42. The Kier molecular flexibility index (Phi) is 3.17. The summed E-state index contributed by atoms with van der Waals surface area (Å²) in [6, 6.07) is 8.14. The Bertz CT molecular complexity index is 925. The molecule has 3 rings (SSSR count). The van der Waals surface area contributed by atoms with Crippen molar-refractivity contribution in [3.63, 3.8) is 0 Å². The highest BCUT2D eigenvalue weighted by atomic mass is 16.3. The second kappa shape index (κ2) is 4.80. The SMILES string of the molecule is Cc1cc(-c2c(O)c(=O)c2=O)c2c(C)ccc(C(C)C)cc1-2. The molecule has 2 aliphatic rings. The molecule has 0 saturated heterocycles. The second-order valence-electron chi connectivity index (χ2n) is 6.23. The third kappa shape index (κ3) is 1.89. The minimum absolute atomic E-state index is 0.156. The average molecular weight is 294 g/mol. The monoisotopic (exact) mass is 294 g/mol. The second-order valence-corrected chi connectivity index (χ2v) is 6.23. The summed E-state index contributed by atoms with van der Waals surface area (Å²) in [5, 5.41) is 9.77. The normalized spacial score (nSPS) is 11.7. The van der Waals surface area contributed by atoms with Gasteiger partial charge in [0.15, 0.2) is 5.75 Å². The summed E-state index contributed by atoms with van der Waals surface area (Å²) in [4.78, 5) is 23.1. The molecule has 1 N–H and O–H groups in total. The molecule has 1 aromatic carbocycles. The number of rotatable bonds is 2. The molecule has 0 heterocycles. The van der Waals surface area contributed by atoms with Gasteiger partial charge in [-0.3, -0.25) is 9.59 Å². The Morgan fingerprint density at radius 3 is 2.14 bits per heavy atom. The van der Waals surface area contributed by atoms with E-state index in [-0.39, 0.29) is 5.56 Å². The minimum atomic E-state index is -0.789. The van der Waals surface area contributed by atoms with Crippen LogP contribution in [0.3, 0.4) is 0 Å². The molecule has 0 saturated carbocycles. The van der Waals surface area contributed by atoms with Crippen LogP contribution in [0, 0.1) is 13.8 Å². The first-order valence-corrected chi connectivity index (χ1v) is 7.39. The molecule has 0 bridgehead atoms. The van der Waals surface area contributed by atoms with E-state index < -0.39 is 16.6 Å². The summed E-state index contributed by atoms with van der Waals surface area (Å²) < 4.78 is 0. The lowest BCUT2D eigenvalue weighted by Gasteiger charge is -2.08. The maximum Gasteiger partial charge on any atom is 0.268 e. The zero-order chi connectivity index (χ0) is 16.2. The third-order valence-corrected chi connectivity index (χ3v) is 4.38. The predicted octanol–water partition coefficient (Wildman–Crippen LogP) is 3.50. The van der Waals surface area contributed by atoms with Crippen molar-refractivity contribution in [1.29, 1.82) is 0 Å². The lowest BCUT2D eigenvalue weighted by atomic mass is 9.95. The van der Waals surface area contributed by atoms with Gasteiger partial charge in [-0.15, -0.1) is 0 Å². The topological polar surface area (TPSA) is 54.4 Å². The molecular formula is C19H18O3. The van der Waals surface area contributed by atoms with Gasteiger partial charge in [-0.05, 0) is 59.2 Å². The number of aromatic hydroxyl groups is 1. The van der Waals surface area contributed by atoms with Crippen LogP contribution in [0.25, 0.3) is 22.3 Å². The summed E-state index contributed by atoms with van der Waals surface area (Å²) >= 11 is 0. The van der Waals surface area contributed by atoms with Crippen molar-refractivity contribution in [3.05, 3.63) is 61.4 Å². The molecular weight excluding hydrogens is 276 g/mol. The molecule has 22 heavy (non-hydrogen) atoms. The molecule has 0 radical (unpaired) electrons. The first kappa shape index (κ1) is 14.5. The molecule has 1 aromatic rings. The van der Waals surface area contributed by atoms with E-state index in [9.17, 15) is 14.7 Å². The van der Waals surface area contributed by atoms with E-state index >= 15 is 0 Å².